The lowest BCUT2D eigenvalue weighted by Crippen LogP contribution is -2.30. The van der Waals surface area contributed by atoms with Crippen LogP contribution in [0.5, 0.6) is 0 Å². The third-order valence-electron chi connectivity index (χ3n) is 2.00. The van der Waals surface area contributed by atoms with E-state index in [1.807, 2.05) is 0 Å². The Morgan fingerprint density at radius 2 is 1.89 bits per heavy atom. The van der Waals surface area contributed by atoms with Crippen LogP contribution in [0, 0.1) is 11.8 Å². The average Bonchev–Trinajstić information content (AvgIpc) is 2.33. The fourth-order valence-electron chi connectivity index (χ4n) is 1.10. The average molecular weight is 256 g/mol. The first-order chi connectivity index (χ1) is 8.43. The molecule has 3 N–H and O–H groups in total. The molecule has 0 atom stereocenters. The Bertz CT molecular complexity index is 469. The highest BCUT2D eigenvalue weighted by molar-refractivity contribution is 5.77. The topological polar surface area (TPSA) is 55.1 Å². The Hall–Kier alpha value is -2.00. The molecule has 0 bridgehead atoms. The van der Waals surface area contributed by atoms with E-state index in [1.165, 1.54) is 12.1 Å². The summed E-state index contributed by atoms with van der Waals surface area (Å²) < 4.78 is 36.8. The number of carbonyl (C=O) groups excluding carboxylic acids is 1. The number of hydrogen-bond donors (Lipinski definition) is 2. The zero-order valence-corrected chi connectivity index (χ0v) is 9.34. The number of nitrogens with two attached hydrogens (primary N) is 1. The second-order valence-electron chi connectivity index (χ2n) is 3.36. The van der Waals surface area contributed by atoms with Crippen LogP contribution in [0.15, 0.2) is 24.3 Å². The third kappa shape index (κ3) is 4.47. The highest BCUT2D eigenvalue weighted by Gasteiger charge is 2.29. The number of nitrogens with one attached hydrogen (secondary N) is 1. The van der Waals surface area contributed by atoms with Crippen LogP contribution in [0.4, 0.5) is 13.2 Å². The molecule has 0 unspecified atom stereocenters. The first-order valence-electron chi connectivity index (χ1n) is 5.06. The lowest BCUT2D eigenvalue weighted by molar-refractivity contribution is -0.137. The highest BCUT2D eigenvalue weighted by Crippen LogP contribution is 2.28. The van der Waals surface area contributed by atoms with E-state index in [2.05, 4.69) is 17.2 Å². The Labute approximate surface area is 102 Å². The van der Waals surface area contributed by atoms with E-state index in [-0.39, 0.29) is 19.0 Å². The van der Waals surface area contributed by atoms with Crippen LogP contribution in [-0.2, 0) is 11.0 Å². The Kier molecular flexibility index (Phi) is 4.75. The Morgan fingerprint density at radius 3 is 2.39 bits per heavy atom. The minimum absolute atomic E-state index is 0.108. The molecule has 0 saturated carbocycles. The molecule has 0 aliphatic rings. The number of alkyl halides is 3. The van der Waals surface area contributed by atoms with Gasteiger partial charge >= 0.3 is 6.18 Å². The van der Waals surface area contributed by atoms with Gasteiger partial charge in [-0.1, -0.05) is 11.8 Å². The van der Waals surface area contributed by atoms with Crippen LogP contribution in [-0.4, -0.2) is 19.0 Å². The van der Waals surface area contributed by atoms with Gasteiger partial charge in [-0.2, -0.15) is 13.2 Å². The number of amides is 1. The lowest BCUT2D eigenvalue weighted by atomic mass is 10.1. The van der Waals surface area contributed by atoms with E-state index in [9.17, 15) is 18.0 Å². The van der Waals surface area contributed by atoms with Gasteiger partial charge in [0.1, 0.15) is 0 Å². The standard InChI is InChI=1S/C12H11F3N2O/c13-12(14,15)10-5-3-9(4-6-10)2-1-7-17-11(18)8-16/h3-6H,7-8,16H2,(H,17,18). The van der Waals surface area contributed by atoms with Gasteiger partial charge < -0.3 is 11.1 Å². The summed E-state index contributed by atoms with van der Waals surface area (Å²) in [7, 11) is 0. The van der Waals surface area contributed by atoms with Gasteiger partial charge in [0.2, 0.25) is 5.91 Å². The first kappa shape index (κ1) is 14.1. The largest absolute Gasteiger partial charge is 0.416 e. The van der Waals surface area contributed by atoms with Crippen molar-refractivity contribution in [2.45, 2.75) is 6.18 Å². The third-order valence-corrected chi connectivity index (χ3v) is 2.00. The molecule has 0 radical (unpaired) electrons. The van der Waals surface area contributed by atoms with Crippen molar-refractivity contribution in [1.82, 2.24) is 5.32 Å². The molecule has 3 nitrogen and oxygen atoms in total. The van der Waals surface area contributed by atoms with E-state index in [1.54, 1.807) is 0 Å². The molecule has 6 heteroatoms. The first-order valence-corrected chi connectivity index (χ1v) is 5.06. The molecule has 0 heterocycles. The normalized spacial score (nSPS) is 10.4. The minimum Gasteiger partial charge on any atom is -0.344 e. The summed E-state index contributed by atoms with van der Waals surface area (Å²) in [6.07, 6.45) is -4.35. The quantitative estimate of drug-likeness (QED) is 0.779. The smallest absolute Gasteiger partial charge is 0.344 e. The van der Waals surface area contributed by atoms with Crippen LogP contribution in [0.25, 0.3) is 0 Å². The Morgan fingerprint density at radius 1 is 1.28 bits per heavy atom. The van der Waals surface area contributed by atoms with Crippen molar-refractivity contribution in [3.8, 4) is 11.8 Å². The maximum atomic E-state index is 12.3. The second kappa shape index (κ2) is 6.07. The van der Waals surface area contributed by atoms with Crippen molar-refractivity contribution in [2.75, 3.05) is 13.1 Å². The molecule has 1 rings (SSSR count). The van der Waals surface area contributed by atoms with Crippen molar-refractivity contribution >= 4 is 5.91 Å². The lowest BCUT2D eigenvalue weighted by Gasteiger charge is -2.05. The molecule has 0 aliphatic carbocycles. The van der Waals surface area contributed by atoms with Gasteiger partial charge in [-0.05, 0) is 24.3 Å². The SMILES string of the molecule is NCC(=O)NCC#Cc1ccc(C(F)(F)F)cc1. The second-order valence-corrected chi connectivity index (χ2v) is 3.36. The van der Waals surface area contributed by atoms with Crippen molar-refractivity contribution in [1.29, 1.82) is 0 Å². The number of halogens is 3. The number of rotatable bonds is 2. The molecule has 1 amide bonds. The molecule has 0 saturated heterocycles. The predicted octanol–water partition coefficient (Wildman–Crippen LogP) is 1.13. The van der Waals surface area contributed by atoms with Gasteiger partial charge in [-0.3, -0.25) is 4.79 Å². The van der Waals surface area contributed by atoms with E-state index in [0.29, 0.717) is 5.56 Å². The molecular formula is C12H11F3N2O. The van der Waals surface area contributed by atoms with E-state index in [0.717, 1.165) is 12.1 Å². The zero-order chi connectivity index (χ0) is 13.6. The highest BCUT2D eigenvalue weighted by atomic mass is 19.4. The van der Waals surface area contributed by atoms with E-state index >= 15 is 0 Å². The molecule has 18 heavy (non-hydrogen) atoms. The van der Waals surface area contributed by atoms with Crippen molar-refractivity contribution < 1.29 is 18.0 Å². The fraction of sp³-hybridized carbons (Fsp3) is 0.250. The predicted molar refractivity (Wildman–Crippen MR) is 60.4 cm³/mol. The maximum absolute atomic E-state index is 12.3. The van der Waals surface area contributed by atoms with Crippen LogP contribution < -0.4 is 11.1 Å². The van der Waals surface area contributed by atoms with Gasteiger partial charge in [0, 0.05) is 5.56 Å². The van der Waals surface area contributed by atoms with Crippen LogP contribution in [0.2, 0.25) is 0 Å². The summed E-state index contributed by atoms with van der Waals surface area (Å²) in [4.78, 5) is 10.7. The summed E-state index contributed by atoms with van der Waals surface area (Å²) in [6, 6.07) is 4.48. The number of carbonyl (C=O) groups is 1. The van der Waals surface area contributed by atoms with Gasteiger partial charge in [0.15, 0.2) is 0 Å². The number of benzene rings is 1. The molecule has 0 spiro atoms. The molecule has 1 aromatic rings. The summed E-state index contributed by atoms with van der Waals surface area (Å²) >= 11 is 0. The van der Waals surface area contributed by atoms with Gasteiger partial charge in [0.25, 0.3) is 0 Å². The van der Waals surface area contributed by atoms with Crippen LogP contribution >= 0.6 is 0 Å². The van der Waals surface area contributed by atoms with Crippen LogP contribution in [0.3, 0.4) is 0 Å². The molecule has 0 aromatic heterocycles. The molecule has 0 fully saturated rings. The monoisotopic (exact) mass is 256 g/mol. The number of hydrogen-bond acceptors (Lipinski definition) is 2. The Balaban J connectivity index is 2.59. The summed E-state index contributed by atoms with van der Waals surface area (Å²) in [5.74, 6) is 4.90. The molecule has 1 aromatic carbocycles. The van der Waals surface area contributed by atoms with Crippen molar-refractivity contribution in [2.24, 2.45) is 5.73 Å². The van der Waals surface area contributed by atoms with Gasteiger partial charge in [-0.15, -0.1) is 0 Å². The van der Waals surface area contributed by atoms with Gasteiger partial charge in [0.05, 0.1) is 18.7 Å². The van der Waals surface area contributed by atoms with E-state index in [4.69, 9.17) is 5.73 Å². The van der Waals surface area contributed by atoms with E-state index < -0.39 is 11.7 Å². The summed E-state index contributed by atoms with van der Waals surface area (Å²) in [5.41, 5.74) is 4.79. The van der Waals surface area contributed by atoms with Gasteiger partial charge in [-0.25, -0.2) is 0 Å². The van der Waals surface area contributed by atoms with Crippen molar-refractivity contribution in [3.05, 3.63) is 35.4 Å². The molecular weight excluding hydrogens is 245 g/mol. The maximum Gasteiger partial charge on any atom is 0.416 e. The minimum atomic E-state index is -4.35. The zero-order valence-electron chi connectivity index (χ0n) is 9.34. The van der Waals surface area contributed by atoms with Crippen molar-refractivity contribution in [3.63, 3.8) is 0 Å². The van der Waals surface area contributed by atoms with Crippen LogP contribution in [0.1, 0.15) is 11.1 Å². The summed E-state index contributed by atoms with van der Waals surface area (Å²) in [5, 5.41) is 2.42. The molecule has 96 valence electrons. The summed E-state index contributed by atoms with van der Waals surface area (Å²) in [6.45, 7) is -0.0149. The molecule has 0 aliphatic heterocycles. The fourth-order valence-corrected chi connectivity index (χ4v) is 1.10.